The molecule has 0 aliphatic heterocycles. The molecule has 2 heterocycles. The lowest BCUT2D eigenvalue weighted by Crippen LogP contribution is -2.09. The lowest BCUT2D eigenvalue weighted by atomic mass is 10.1. The lowest BCUT2D eigenvalue weighted by molar-refractivity contribution is -0.115. The number of benzene rings is 3. The van der Waals surface area contributed by atoms with E-state index in [0.717, 1.165) is 44.4 Å². The van der Waals surface area contributed by atoms with Crippen LogP contribution in [0.1, 0.15) is 13.3 Å². The van der Waals surface area contributed by atoms with Crippen LogP contribution >= 0.6 is 11.6 Å². The van der Waals surface area contributed by atoms with Crippen LogP contribution in [0.3, 0.4) is 0 Å². The average molecular weight is 401 g/mol. The molecule has 6 heteroatoms. The van der Waals surface area contributed by atoms with E-state index in [1.165, 1.54) is 0 Å². The maximum Gasteiger partial charge on any atom is 0.224 e. The molecule has 0 saturated heterocycles. The van der Waals surface area contributed by atoms with Crippen LogP contribution in [0.2, 0.25) is 5.02 Å². The van der Waals surface area contributed by atoms with Gasteiger partial charge in [-0.15, -0.1) is 0 Å². The second kappa shape index (κ2) is 6.87. The molecule has 0 radical (unpaired) electrons. The summed E-state index contributed by atoms with van der Waals surface area (Å²) in [5, 5.41) is 10.5. The Morgan fingerprint density at radius 3 is 2.55 bits per heavy atom. The topological polar surface area (TPSA) is 59.3 Å². The van der Waals surface area contributed by atoms with Crippen molar-refractivity contribution >= 4 is 50.6 Å². The number of halogens is 1. The number of anilines is 1. The molecule has 2 aromatic heterocycles. The highest BCUT2D eigenvalue weighted by atomic mass is 35.5. The number of hydrogen-bond acceptors (Lipinski definition) is 3. The van der Waals surface area contributed by atoms with Gasteiger partial charge in [-0.05, 0) is 30.3 Å². The van der Waals surface area contributed by atoms with Gasteiger partial charge in [-0.25, -0.2) is 9.50 Å². The van der Waals surface area contributed by atoms with Crippen LogP contribution in [0.15, 0.2) is 66.7 Å². The molecule has 1 amide bonds. The van der Waals surface area contributed by atoms with Gasteiger partial charge in [-0.3, -0.25) is 4.79 Å². The zero-order valence-electron chi connectivity index (χ0n) is 15.7. The fourth-order valence-electron chi connectivity index (χ4n) is 3.53. The quantitative estimate of drug-likeness (QED) is 0.422. The first-order valence-corrected chi connectivity index (χ1v) is 9.79. The Bertz CT molecular complexity index is 1390. The van der Waals surface area contributed by atoms with E-state index in [1.807, 2.05) is 66.0 Å². The van der Waals surface area contributed by atoms with Crippen LogP contribution in [-0.2, 0) is 4.79 Å². The van der Waals surface area contributed by atoms with Crippen molar-refractivity contribution in [1.29, 1.82) is 0 Å². The molecule has 0 atom stereocenters. The standard InChI is InChI=1S/C23H17ClN4O/c1-2-21(29)25-16-11-12-20-19(13-16)26-23-18-6-4-3-5-17(18)22(27-28(20)23)14-7-9-15(24)10-8-14/h3-13H,2H2,1H3,(H,25,29). The molecule has 0 spiro atoms. The molecule has 0 fully saturated rings. The van der Waals surface area contributed by atoms with E-state index in [0.29, 0.717) is 11.4 Å². The first kappa shape index (κ1) is 17.6. The van der Waals surface area contributed by atoms with E-state index in [4.69, 9.17) is 21.7 Å². The second-order valence-corrected chi connectivity index (χ2v) is 7.29. The number of rotatable bonds is 3. The molecule has 0 aliphatic carbocycles. The highest BCUT2D eigenvalue weighted by Gasteiger charge is 2.15. The van der Waals surface area contributed by atoms with Crippen LogP contribution in [0, 0.1) is 0 Å². The number of fused-ring (bicyclic) bond motifs is 5. The molecule has 0 unspecified atom stereocenters. The smallest absolute Gasteiger partial charge is 0.224 e. The summed E-state index contributed by atoms with van der Waals surface area (Å²) in [5.74, 6) is -0.0262. The molecular weight excluding hydrogens is 384 g/mol. The van der Waals surface area contributed by atoms with Gasteiger partial charge in [0.25, 0.3) is 0 Å². The number of amides is 1. The lowest BCUT2D eigenvalue weighted by Gasteiger charge is -2.08. The Morgan fingerprint density at radius 2 is 1.79 bits per heavy atom. The summed E-state index contributed by atoms with van der Waals surface area (Å²) in [6, 6.07) is 21.5. The predicted molar refractivity (Wildman–Crippen MR) is 117 cm³/mol. The maximum absolute atomic E-state index is 11.7. The van der Waals surface area contributed by atoms with E-state index in [2.05, 4.69) is 17.4 Å². The van der Waals surface area contributed by atoms with E-state index < -0.39 is 0 Å². The Hall–Kier alpha value is -3.44. The van der Waals surface area contributed by atoms with Crippen molar-refractivity contribution in [3.05, 3.63) is 71.8 Å². The molecule has 0 aliphatic rings. The van der Waals surface area contributed by atoms with Gasteiger partial charge in [0.15, 0.2) is 5.65 Å². The first-order valence-electron chi connectivity index (χ1n) is 9.41. The van der Waals surface area contributed by atoms with Crippen molar-refractivity contribution in [2.45, 2.75) is 13.3 Å². The summed E-state index contributed by atoms with van der Waals surface area (Å²) in [7, 11) is 0. The van der Waals surface area contributed by atoms with Gasteiger partial charge in [0.2, 0.25) is 5.91 Å². The van der Waals surface area contributed by atoms with E-state index in [9.17, 15) is 4.79 Å². The van der Waals surface area contributed by atoms with E-state index >= 15 is 0 Å². The molecule has 0 saturated carbocycles. The molecule has 29 heavy (non-hydrogen) atoms. The van der Waals surface area contributed by atoms with Crippen LogP contribution < -0.4 is 5.32 Å². The van der Waals surface area contributed by atoms with Gasteiger partial charge >= 0.3 is 0 Å². The molecule has 5 nitrogen and oxygen atoms in total. The number of hydrogen-bond donors (Lipinski definition) is 1. The Kier molecular flexibility index (Phi) is 4.18. The number of carbonyl (C=O) groups is 1. The maximum atomic E-state index is 11.7. The summed E-state index contributed by atoms with van der Waals surface area (Å²) in [4.78, 5) is 16.5. The van der Waals surface area contributed by atoms with Crippen LogP contribution in [0.4, 0.5) is 5.69 Å². The number of carbonyl (C=O) groups excluding carboxylic acids is 1. The van der Waals surface area contributed by atoms with Crippen molar-refractivity contribution in [2.24, 2.45) is 0 Å². The zero-order valence-corrected chi connectivity index (χ0v) is 16.4. The fourth-order valence-corrected chi connectivity index (χ4v) is 3.66. The van der Waals surface area contributed by atoms with E-state index in [-0.39, 0.29) is 5.91 Å². The van der Waals surface area contributed by atoms with Crippen molar-refractivity contribution in [3.8, 4) is 11.3 Å². The summed E-state index contributed by atoms with van der Waals surface area (Å²) in [6.45, 7) is 1.83. The molecule has 0 bridgehead atoms. The Morgan fingerprint density at radius 1 is 1.03 bits per heavy atom. The summed E-state index contributed by atoms with van der Waals surface area (Å²) in [5.41, 5.74) is 5.04. The number of nitrogens with one attached hydrogen (secondary N) is 1. The van der Waals surface area contributed by atoms with Crippen molar-refractivity contribution in [3.63, 3.8) is 0 Å². The van der Waals surface area contributed by atoms with Crippen molar-refractivity contribution in [2.75, 3.05) is 5.32 Å². The molecule has 3 aromatic carbocycles. The number of nitrogens with zero attached hydrogens (tertiary/aromatic N) is 3. The van der Waals surface area contributed by atoms with Gasteiger partial charge < -0.3 is 5.32 Å². The molecule has 142 valence electrons. The first-order chi connectivity index (χ1) is 14.1. The molecular formula is C23H17ClN4O. The summed E-state index contributed by atoms with van der Waals surface area (Å²) < 4.78 is 1.87. The molecule has 1 N–H and O–H groups in total. The minimum absolute atomic E-state index is 0.0262. The fraction of sp³-hybridized carbons (Fsp3) is 0.0870. The van der Waals surface area contributed by atoms with Crippen molar-refractivity contribution in [1.82, 2.24) is 14.6 Å². The van der Waals surface area contributed by atoms with Crippen LogP contribution in [-0.4, -0.2) is 20.5 Å². The average Bonchev–Trinajstić information content (AvgIpc) is 3.11. The monoisotopic (exact) mass is 400 g/mol. The minimum atomic E-state index is -0.0262. The molecule has 5 aromatic rings. The third-order valence-corrected chi connectivity index (χ3v) is 5.23. The SMILES string of the molecule is CCC(=O)Nc1ccc2c(c1)nc1c3ccccc3c(-c3ccc(Cl)cc3)nn21. The Labute approximate surface area is 171 Å². The van der Waals surface area contributed by atoms with Gasteiger partial charge in [0.1, 0.15) is 0 Å². The van der Waals surface area contributed by atoms with Gasteiger partial charge in [-0.2, -0.15) is 5.10 Å². The van der Waals surface area contributed by atoms with Gasteiger partial charge in [-0.1, -0.05) is 54.9 Å². The van der Waals surface area contributed by atoms with Crippen LogP contribution in [0.5, 0.6) is 0 Å². The van der Waals surface area contributed by atoms with Gasteiger partial charge in [0.05, 0.1) is 16.7 Å². The highest BCUT2D eigenvalue weighted by molar-refractivity contribution is 6.30. The zero-order chi connectivity index (χ0) is 20.0. The predicted octanol–water partition coefficient (Wildman–Crippen LogP) is 5.70. The Balaban J connectivity index is 1.79. The largest absolute Gasteiger partial charge is 0.326 e. The van der Waals surface area contributed by atoms with Crippen LogP contribution in [0.25, 0.3) is 38.7 Å². The van der Waals surface area contributed by atoms with E-state index in [1.54, 1.807) is 0 Å². The second-order valence-electron chi connectivity index (χ2n) is 6.85. The normalized spacial score (nSPS) is 11.4. The minimum Gasteiger partial charge on any atom is -0.326 e. The summed E-state index contributed by atoms with van der Waals surface area (Å²) >= 11 is 6.07. The summed E-state index contributed by atoms with van der Waals surface area (Å²) in [6.07, 6.45) is 0.430. The third-order valence-electron chi connectivity index (χ3n) is 4.98. The number of aromatic nitrogens is 3. The number of imidazole rings is 1. The third kappa shape index (κ3) is 3.00. The molecule has 5 rings (SSSR count). The van der Waals surface area contributed by atoms with Crippen molar-refractivity contribution < 1.29 is 4.79 Å². The highest BCUT2D eigenvalue weighted by Crippen LogP contribution is 2.32. The van der Waals surface area contributed by atoms with Gasteiger partial charge in [0, 0.05) is 33.5 Å².